The topological polar surface area (TPSA) is 80.7 Å². The lowest BCUT2D eigenvalue weighted by Gasteiger charge is -2.10. The predicted molar refractivity (Wildman–Crippen MR) is 92.3 cm³/mol. The fraction of sp³-hybridized carbons (Fsp3) is 0.222. The smallest absolute Gasteiger partial charge is 0.416 e. The molecule has 0 aliphatic carbocycles. The molecule has 0 saturated heterocycles. The summed E-state index contributed by atoms with van der Waals surface area (Å²) in [5.74, 6) is 0.398. The van der Waals surface area contributed by atoms with Crippen LogP contribution in [0.15, 0.2) is 53.7 Å². The second kappa shape index (κ2) is 8.37. The number of rotatable bonds is 7. The summed E-state index contributed by atoms with van der Waals surface area (Å²) in [6, 6.07) is 11.7. The van der Waals surface area contributed by atoms with Gasteiger partial charge in [0.25, 0.3) is 0 Å². The van der Waals surface area contributed by atoms with E-state index in [1.807, 2.05) is 0 Å². The van der Waals surface area contributed by atoms with Gasteiger partial charge in [-0.25, -0.2) is 0 Å². The molecule has 0 heterocycles. The van der Waals surface area contributed by atoms with Crippen molar-refractivity contribution in [2.24, 2.45) is 10.9 Å². The molecular formula is C18H18F3N3O2. The Kier molecular flexibility index (Phi) is 6.21. The zero-order valence-electron chi connectivity index (χ0n) is 14.0. The summed E-state index contributed by atoms with van der Waals surface area (Å²) in [5, 5.41) is 11.2. The minimum absolute atomic E-state index is 0.0337. The van der Waals surface area contributed by atoms with Crippen molar-refractivity contribution < 1.29 is 22.7 Å². The Morgan fingerprint density at radius 2 is 1.77 bits per heavy atom. The van der Waals surface area contributed by atoms with E-state index < -0.39 is 11.7 Å². The highest BCUT2D eigenvalue weighted by Gasteiger charge is 2.29. The van der Waals surface area contributed by atoms with Gasteiger partial charge in [-0.1, -0.05) is 29.4 Å². The Bertz CT molecular complexity index is 787. The van der Waals surface area contributed by atoms with Gasteiger partial charge in [-0.2, -0.15) is 13.2 Å². The minimum Gasteiger partial charge on any atom is -0.485 e. The molecule has 0 saturated carbocycles. The molecule has 0 spiro atoms. The zero-order chi connectivity index (χ0) is 19.2. The summed E-state index contributed by atoms with van der Waals surface area (Å²) in [4.78, 5) is 5.23. The van der Waals surface area contributed by atoms with Crippen molar-refractivity contribution in [2.75, 3.05) is 6.61 Å². The van der Waals surface area contributed by atoms with Crippen LogP contribution in [0.2, 0.25) is 0 Å². The Balaban J connectivity index is 2.01. The lowest BCUT2D eigenvalue weighted by Crippen LogP contribution is -2.20. The van der Waals surface area contributed by atoms with Crippen LogP contribution in [0, 0.1) is 5.41 Å². The number of oxime groups is 1. The van der Waals surface area contributed by atoms with Gasteiger partial charge in [0.2, 0.25) is 0 Å². The Hall–Kier alpha value is -3.03. The Labute approximate surface area is 148 Å². The van der Waals surface area contributed by atoms with Crippen molar-refractivity contribution >= 4 is 11.5 Å². The quantitative estimate of drug-likeness (QED) is 0.443. The second-order valence-corrected chi connectivity index (χ2v) is 5.45. The van der Waals surface area contributed by atoms with E-state index >= 15 is 0 Å². The van der Waals surface area contributed by atoms with E-state index in [0.717, 1.165) is 12.1 Å². The second-order valence-electron chi connectivity index (χ2n) is 5.45. The van der Waals surface area contributed by atoms with Crippen molar-refractivity contribution in [2.45, 2.75) is 19.7 Å². The number of ether oxygens (including phenoxy) is 1. The van der Waals surface area contributed by atoms with E-state index in [0.29, 0.717) is 22.6 Å². The van der Waals surface area contributed by atoms with Gasteiger partial charge < -0.3 is 15.3 Å². The first-order chi connectivity index (χ1) is 12.3. The summed E-state index contributed by atoms with van der Waals surface area (Å²) in [5.41, 5.74) is 6.33. The van der Waals surface area contributed by atoms with Crippen LogP contribution in [-0.2, 0) is 17.6 Å². The van der Waals surface area contributed by atoms with E-state index in [2.05, 4.69) is 5.16 Å². The third kappa shape index (κ3) is 5.51. The van der Waals surface area contributed by atoms with Gasteiger partial charge in [0.05, 0.1) is 11.3 Å². The van der Waals surface area contributed by atoms with Crippen molar-refractivity contribution in [3.63, 3.8) is 0 Å². The molecule has 8 heteroatoms. The van der Waals surface area contributed by atoms with Crippen LogP contribution in [0.25, 0.3) is 0 Å². The van der Waals surface area contributed by atoms with Crippen LogP contribution in [-0.4, -0.2) is 18.2 Å². The van der Waals surface area contributed by atoms with Gasteiger partial charge in [-0.3, -0.25) is 5.41 Å². The van der Waals surface area contributed by atoms with E-state index in [1.165, 1.54) is 12.1 Å². The van der Waals surface area contributed by atoms with Crippen molar-refractivity contribution in [3.8, 4) is 5.75 Å². The molecule has 0 unspecified atom stereocenters. The van der Waals surface area contributed by atoms with Crippen molar-refractivity contribution in [3.05, 3.63) is 65.2 Å². The van der Waals surface area contributed by atoms with E-state index in [-0.39, 0.29) is 19.0 Å². The molecule has 0 amide bonds. The molecule has 2 aromatic carbocycles. The van der Waals surface area contributed by atoms with E-state index in [4.69, 9.17) is 20.7 Å². The average molecular weight is 365 g/mol. The average Bonchev–Trinajstić information content (AvgIpc) is 2.59. The number of para-hydroxylation sites is 1. The summed E-state index contributed by atoms with van der Waals surface area (Å²) < 4.78 is 43.0. The molecule has 3 N–H and O–H groups in total. The monoisotopic (exact) mass is 365 g/mol. The SMILES string of the molecule is C/C(=N\OCc1ccc(C(F)(F)F)cc1)c1ccccc1OCC(=N)N. The molecule has 2 aromatic rings. The molecule has 0 aliphatic rings. The molecule has 5 nitrogen and oxygen atoms in total. The normalized spacial score (nSPS) is 11.9. The molecular weight excluding hydrogens is 347 g/mol. The van der Waals surface area contributed by atoms with Crippen LogP contribution in [0.1, 0.15) is 23.6 Å². The van der Waals surface area contributed by atoms with Crippen LogP contribution >= 0.6 is 0 Å². The van der Waals surface area contributed by atoms with Gasteiger partial charge in [-0.15, -0.1) is 0 Å². The van der Waals surface area contributed by atoms with Gasteiger partial charge in [0.15, 0.2) is 0 Å². The number of hydrogen-bond donors (Lipinski definition) is 2. The van der Waals surface area contributed by atoms with Crippen molar-refractivity contribution in [1.29, 1.82) is 5.41 Å². The fourth-order valence-electron chi connectivity index (χ4n) is 2.09. The number of halogens is 3. The van der Waals surface area contributed by atoms with Crippen LogP contribution in [0.4, 0.5) is 13.2 Å². The molecule has 2 rings (SSSR count). The highest BCUT2D eigenvalue weighted by Crippen LogP contribution is 2.29. The lowest BCUT2D eigenvalue weighted by molar-refractivity contribution is -0.137. The van der Waals surface area contributed by atoms with Crippen LogP contribution in [0.5, 0.6) is 5.75 Å². The molecule has 0 aromatic heterocycles. The molecule has 0 bridgehead atoms. The number of amidine groups is 1. The largest absolute Gasteiger partial charge is 0.485 e. The van der Waals surface area contributed by atoms with Gasteiger partial charge >= 0.3 is 6.18 Å². The highest BCUT2D eigenvalue weighted by atomic mass is 19.4. The summed E-state index contributed by atoms with van der Waals surface area (Å²) in [6.45, 7) is 1.70. The van der Waals surface area contributed by atoms with Crippen LogP contribution < -0.4 is 10.5 Å². The summed E-state index contributed by atoms with van der Waals surface area (Å²) in [6.07, 6.45) is -4.36. The lowest BCUT2D eigenvalue weighted by atomic mass is 10.1. The zero-order valence-corrected chi connectivity index (χ0v) is 14.0. The molecule has 0 atom stereocenters. The van der Waals surface area contributed by atoms with Gasteiger partial charge in [0.1, 0.15) is 24.8 Å². The van der Waals surface area contributed by atoms with E-state index in [1.54, 1.807) is 31.2 Å². The maximum atomic E-state index is 12.5. The minimum atomic E-state index is -4.36. The van der Waals surface area contributed by atoms with Gasteiger partial charge in [-0.05, 0) is 36.8 Å². The third-order valence-corrected chi connectivity index (χ3v) is 3.37. The number of nitrogens with zero attached hydrogens (tertiary/aromatic N) is 1. The predicted octanol–water partition coefficient (Wildman–Crippen LogP) is 3.96. The highest BCUT2D eigenvalue weighted by molar-refractivity contribution is 6.00. The fourth-order valence-corrected chi connectivity index (χ4v) is 2.09. The van der Waals surface area contributed by atoms with Gasteiger partial charge in [0, 0.05) is 5.56 Å². The number of hydrogen-bond acceptors (Lipinski definition) is 4. The molecule has 26 heavy (non-hydrogen) atoms. The summed E-state index contributed by atoms with van der Waals surface area (Å²) >= 11 is 0. The number of nitrogens with two attached hydrogens (primary N) is 1. The molecule has 0 radical (unpaired) electrons. The molecule has 138 valence electrons. The first-order valence-corrected chi connectivity index (χ1v) is 7.65. The Morgan fingerprint density at radius 3 is 2.38 bits per heavy atom. The third-order valence-electron chi connectivity index (χ3n) is 3.37. The van der Waals surface area contributed by atoms with Crippen LogP contribution in [0.3, 0.4) is 0 Å². The standard InChI is InChI=1S/C18H18F3N3O2/c1-12(15-4-2-3-5-16(15)25-11-17(22)23)24-26-10-13-6-8-14(9-7-13)18(19,20)21/h2-9H,10-11H2,1H3,(H3,22,23)/b24-12+. The number of alkyl halides is 3. The number of nitrogens with one attached hydrogen (secondary N) is 1. The maximum absolute atomic E-state index is 12.5. The maximum Gasteiger partial charge on any atom is 0.416 e. The Morgan fingerprint density at radius 1 is 1.12 bits per heavy atom. The number of benzene rings is 2. The first-order valence-electron chi connectivity index (χ1n) is 7.65. The first kappa shape index (κ1) is 19.3. The molecule has 0 fully saturated rings. The molecule has 0 aliphatic heterocycles. The van der Waals surface area contributed by atoms with E-state index in [9.17, 15) is 13.2 Å². The summed E-state index contributed by atoms with van der Waals surface area (Å²) in [7, 11) is 0. The van der Waals surface area contributed by atoms with Crippen molar-refractivity contribution in [1.82, 2.24) is 0 Å².